The van der Waals surface area contributed by atoms with E-state index < -0.39 is 10.1 Å². The molecule has 0 saturated heterocycles. The summed E-state index contributed by atoms with van der Waals surface area (Å²) in [6.07, 6.45) is 1.84. The Morgan fingerprint density at radius 3 is 2.53 bits per heavy atom. The quantitative estimate of drug-likeness (QED) is 0.453. The second-order valence-corrected chi connectivity index (χ2v) is 9.89. The number of fused-ring (bicyclic) bond motifs is 1. The van der Waals surface area contributed by atoms with E-state index in [9.17, 15) is 13.2 Å². The molecule has 3 rings (SSSR count). The average molecular weight is 455 g/mol. The summed E-state index contributed by atoms with van der Waals surface area (Å²) in [5.74, 6) is 1.02. The molecule has 1 aliphatic rings. The highest BCUT2D eigenvalue weighted by Gasteiger charge is 2.30. The number of carbonyl (C=O) groups excluding carboxylic acids is 1. The molecular formula is C20H26N2O6S2. The summed E-state index contributed by atoms with van der Waals surface area (Å²) in [4.78, 5) is 28.6. The zero-order chi connectivity index (χ0) is 22.6. The van der Waals surface area contributed by atoms with Crippen LogP contribution in [0.5, 0.6) is 5.88 Å². The number of aryl methyl sites for hydroxylation is 2. The normalized spacial score (nSPS) is 15.3. The van der Waals surface area contributed by atoms with E-state index in [0.29, 0.717) is 24.4 Å². The van der Waals surface area contributed by atoms with E-state index in [-0.39, 0.29) is 23.0 Å². The van der Waals surface area contributed by atoms with Gasteiger partial charge in [0.1, 0.15) is 5.56 Å². The van der Waals surface area contributed by atoms with Crippen molar-refractivity contribution < 1.29 is 17.4 Å². The minimum absolute atomic E-state index is 0.000856. The molecule has 1 unspecified atom stereocenters. The molecule has 0 amide bonds. The van der Waals surface area contributed by atoms with Gasteiger partial charge in [0.05, 0.1) is 11.9 Å². The largest absolute Gasteiger partial charge is 0.361 e. The number of carbonyl (C=O) groups is 1. The van der Waals surface area contributed by atoms with Crippen LogP contribution in [0.3, 0.4) is 0 Å². The predicted molar refractivity (Wildman–Crippen MR) is 118 cm³/mol. The monoisotopic (exact) mass is 454 g/mol. The van der Waals surface area contributed by atoms with Crippen molar-refractivity contribution in [2.45, 2.75) is 58.4 Å². The predicted octanol–water partition coefficient (Wildman–Crippen LogP) is 4.15. The summed E-state index contributed by atoms with van der Waals surface area (Å²) in [5, 5.41) is 4.17. The van der Waals surface area contributed by atoms with E-state index in [1.807, 2.05) is 38.6 Å². The summed E-state index contributed by atoms with van der Waals surface area (Å²) in [7, 11) is -3.78. The molecule has 0 spiro atoms. The second kappa shape index (κ2) is 9.74. The van der Waals surface area contributed by atoms with Crippen LogP contribution in [-0.2, 0) is 16.7 Å². The zero-order valence-electron chi connectivity index (χ0n) is 17.7. The van der Waals surface area contributed by atoms with E-state index in [0.717, 1.165) is 16.9 Å². The smallest absolute Gasteiger partial charge is 0.310 e. The van der Waals surface area contributed by atoms with Gasteiger partial charge in [-0.3, -0.25) is 4.79 Å². The van der Waals surface area contributed by atoms with Crippen molar-refractivity contribution in [2.75, 3.05) is 11.5 Å². The maximum Gasteiger partial charge on any atom is 0.310 e. The Balaban J connectivity index is 0.00000155. The highest BCUT2D eigenvalue weighted by atomic mass is 32.2. The van der Waals surface area contributed by atoms with E-state index in [1.54, 1.807) is 6.92 Å². The molecule has 0 aliphatic carbocycles. The first-order chi connectivity index (χ1) is 14.2. The van der Waals surface area contributed by atoms with Gasteiger partial charge in [-0.2, -0.15) is 13.5 Å². The number of hydrogen-bond acceptors (Lipinski definition) is 8. The van der Waals surface area contributed by atoms with Crippen molar-refractivity contribution in [3.63, 3.8) is 0 Å². The van der Waals surface area contributed by atoms with E-state index in [1.165, 1.54) is 21.3 Å². The zero-order valence-corrected chi connectivity index (χ0v) is 19.4. The molecule has 1 atom stereocenters. The van der Waals surface area contributed by atoms with Crippen molar-refractivity contribution in [1.29, 1.82) is 0 Å². The third-order valence-electron chi connectivity index (χ3n) is 4.98. The molecule has 30 heavy (non-hydrogen) atoms. The number of ketones is 1. The summed E-state index contributed by atoms with van der Waals surface area (Å²) in [6, 6.07) is 1.90. The molecule has 1 aromatic carbocycles. The van der Waals surface area contributed by atoms with Crippen molar-refractivity contribution >= 4 is 27.7 Å². The summed E-state index contributed by atoms with van der Waals surface area (Å²) < 4.78 is 31.2. The van der Waals surface area contributed by atoms with Crippen LogP contribution >= 0.6 is 11.8 Å². The van der Waals surface area contributed by atoms with Crippen LogP contribution in [0.25, 0.3) is 0 Å². The van der Waals surface area contributed by atoms with Gasteiger partial charge in [0, 0.05) is 32.7 Å². The Bertz CT molecular complexity index is 1050. The topological polar surface area (TPSA) is 112 Å². The number of aromatic nitrogens is 2. The Hall–Kier alpha value is -2.20. The molecule has 0 N–H and O–H groups in total. The lowest BCUT2D eigenvalue weighted by Crippen LogP contribution is -2.18. The molecule has 164 valence electrons. The number of benzene rings is 1. The van der Waals surface area contributed by atoms with E-state index in [2.05, 4.69) is 12.0 Å². The van der Waals surface area contributed by atoms with Crippen molar-refractivity contribution in [1.82, 2.24) is 9.78 Å². The van der Waals surface area contributed by atoms with Crippen molar-refractivity contribution in [2.24, 2.45) is 0 Å². The molecular weight excluding hydrogens is 428 g/mol. The standard InChI is InChI=1S/C20H26N2O4S2.O2/c1-6-8-28(24,25)26-20-16(10-21-22(20)7-2)18(23)15-9-12(3)19-17(14(15)5)13(4)11-27-19;1-2/h9-10,13H,6-8,11H2,1-5H3;. The first-order valence-corrected chi connectivity index (χ1v) is 12.2. The average Bonchev–Trinajstić information content (AvgIpc) is 3.29. The van der Waals surface area contributed by atoms with Crippen LogP contribution in [0.4, 0.5) is 0 Å². The molecule has 0 bridgehead atoms. The lowest BCUT2D eigenvalue weighted by Gasteiger charge is -2.15. The second-order valence-electron chi connectivity index (χ2n) is 7.17. The van der Waals surface area contributed by atoms with Crippen molar-refractivity contribution in [3.8, 4) is 5.88 Å². The number of rotatable bonds is 7. The lowest BCUT2D eigenvalue weighted by atomic mass is 9.89. The highest BCUT2D eigenvalue weighted by molar-refractivity contribution is 7.99. The Morgan fingerprint density at radius 2 is 1.93 bits per heavy atom. The van der Waals surface area contributed by atoms with Gasteiger partial charge < -0.3 is 4.18 Å². The molecule has 10 heteroatoms. The molecule has 2 heterocycles. The molecule has 0 radical (unpaired) electrons. The van der Waals surface area contributed by atoms with Gasteiger partial charge in [-0.15, -0.1) is 11.8 Å². The van der Waals surface area contributed by atoms with Crippen LogP contribution in [0.1, 0.15) is 65.7 Å². The first-order valence-electron chi connectivity index (χ1n) is 9.66. The third kappa shape index (κ3) is 4.59. The van der Waals surface area contributed by atoms with Gasteiger partial charge in [0.2, 0.25) is 5.88 Å². The Morgan fingerprint density at radius 1 is 1.27 bits per heavy atom. The number of nitrogens with zero attached hydrogens (tertiary/aromatic N) is 2. The SMILES string of the molecule is CCCS(=O)(=O)Oc1c(C(=O)c2cc(C)c3c(c2C)C(C)CS3)cnn1CC.O=O. The van der Waals surface area contributed by atoms with E-state index in [4.69, 9.17) is 14.1 Å². The van der Waals surface area contributed by atoms with Crippen LogP contribution in [0, 0.1) is 23.8 Å². The van der Waals surface area contributed by atoms with Gasteiger partial charge in [0.25, 0.3) is 0 Å². The minimum atomic E-state index is -3.78. The lowest BCUT2D eigenvalue weighted by molar-refractivity contribution is 0.103. The van der Waals surface area contributed by atoms with Crippen LogP contribution in [-0.4, -0.2) is 35.5 Å². The number of thioether (sulfide) groups is 1. The molecule has 1 aliphatic heterocycles. The fraction of sp³-hybridized carbons (Fsp3) is 0.500. The fourth-order valence-corrected chi connectivity index (χ4v) is 6.01. The van der Waals surface area contributed by atoms with Crippen LogP contribution in [0.15, 0.2) is 17.2 Å². The van der Waals surface area contributed by atoms with E-state index >= 15 is 0 Å². The molecule has 2 aromatic rings. The third-order valence-corrected chi connectivity index (χ3v) is 7.80. The highest BCUT2D eigenvalue weighted by Crippen LogP contribution is 2.44. The fourth-order valence-electron chi connectivity index (χ4n) is 3.63. The number of hydrogen-bond donors (Lipinski definition) is 0. The molecule has 1 aromatic heterocycles. The summed E-state index contributed by atoms with van der Waals surface area (Å²) in [5.41, 5.74) is 4.01. The maximum absolute atomic E-state index is 13.4. The van der Waals surface area contributed by atoms with Gasteiger partial charge in [-0.1, -0.05) is 13.8 Å². The first kappa shape index (κ1) is 24.1. The molecule has 0 fully saturated rings. The van der Waals surface area contributed by atoms with Gasteiger partial charge in [-0.05, 0) is 55.9 Å². The molecule has 8 nitrogen and oxygen atoms in total. The maximum atomic E-state index is 13.4. The van der Waals surface area contributed by atoms with Crippen LogP contribution in [0.2, 0.25) is 0 Å². The Labute approximate surface area is 180 Å². The van der Waals surface area contributed by atoms with Gasteiger partial charge >= 0.3 is 10.1 Å². The van der Waals surface area contributed by atoms with Gasteiger partial charge in [0.15, 0.2) is 5.78 Å². The Kier molecular flexibility index (Phi) is 7.81. The van der Waals surface area contributed by atoms with Crippen LogP contribution < -0.4 is 4.18 Å². The van der Waals surface area contributed by atoms with Crippen molar-refractivity contribution in [3.05, 3.63) is 50.0 Å². The molecule has 0 saturated carbocycles. The minimum Gasteiger partial charge on any atom is -0.361 e. The van der Waals surface area contributed by atoms with Gasteiger partial charge in [-0.25, -0.2) is 4.68 Å². The summed E-state index contributed by atoms with van der Waals surface area (Å²) >= 11 is 1.83. The summed E-state index contributed by atoms with van der Waals surface area (Å²) in [6.45, 7) is 10.1.